The second-order valence-electron chi connectivity index (χ2n) is 4.61. The summed E-state index contributed by atoms with van der Waals surface area (Å²) in [7, 11) is 0. The van der Waals surface area contributed by atoms with Gasteiger partial charge in [-0.3, -0.25) is 9.78 Å². The van der Waals surface area contributed by atoms with E-state index in [9.17, 15) is 4.79 Å². The first-order chi connectivity index (χ1) is 9.33. The van der Waals surface area contributed by atoms with Gasteiger partial charge >= 0.3 is 0 Å². The van der Waals surface area contributed by atoms with Gasteiger partial charge in [-0.25, -0.2) is 0 Å². The predicted octanol–water partition coefficient (Wildman–Crippen LogP) is 2.48. The molecule has 1 N–H and O–H groups in total. The molecule has 1 aliphatic heterocycles. The van der Waals surface area contributed by atoms with Gasteiger partial charge in [0.15, 0.2) is 0 Å². The summed E-state index contributed by atoms with van der Waals surface area (Å²) in [5.74, 6) is 2.32. The summed E-state index contributed by atoms with van der Waals surface area (Å²) in [6.45, 7) is 4.68. The second-order valence-corrected chi connectivity index (χ2v) is 5.83. The fraction of sp³-hybridized carbons (Fsp3) is 0.571. The van der Waals surface area contributed by atoms with Crippen LogP contribution in [0.5, 0.6) is 0 Å². The minimum absolute atomic E-state index is 0.128. The monoisotopic (exact) mass is 279 g/mol. The average Bonchev–Trinajstić information content (AvgIpc) is 2.73. The Hall–Kier alpha value is -1.23. The summed E-state index contributed by atoms with van der Waals surface area (Å²) in [6.07, 6.45) is 5.55. The third kappa shape index (κ3) is 3.86. The van der Waals surface area contributed by atoms with Crippen LogP contribution in [0.2, 0.25) is 0 Å². The highest BCUT2D eigenvalue weighted by Crippen LogP contribution is 2.18. The van der Waals surface area contributed by atoms with Crippen molar-refractivity contribution in [3.8, 4) is 0 Å². The Labute approximate surface area is 119 Å². The van der Waals surface area contributed by atoms with Crippen molar-refractivity contribution in [2.24, 2.45) is 0 Å². The maximum Gasteiger partial charge on any atom is 0.256 e. The lowest BCUT2D eigenvalue weighted by Crippen LogP contribution is -2.33. The van der Waals surface area contributed by atoms with Gasteiger partial charge in [-0.2, -0.15) is 11.8 Å². The van der Waals surface area contributed by atoms with Crippen LogP contribution < -0.4 is 5.32 Å². The maximum atomic E-state index is 12.6. The summed E-state index contributed by atoms with van der Waals surface area (Å²) in [5, 5.41) is 3.28. The predicted molar refractivity (Wildman–Crippen MR) is 80.9 cm³/mol. The minimum Gasteiger partial charge on any atom is -0.383 e. The number of nitrogens with one attached hydrogen (secondary N) is 1. The van der Waals surface area contributed by atoms with Gasteiger partial charge in [0.05, 0.1) is 17.4 Å². The number of thioether (sulfide) groups is 1. The van der Waals surface area contributed by atoms with Gasteiger partial charge in [0, 0.05) is 31.6 Å². The number of rotatable bonds is 4. The number of pyridine rings is 1. The molecule has 0 unspecified atom stereocenters. The number of amides is 1. The van der Waals surface area contributed by atoms with E-state index in [2.05, 4.69) is 17.2 Å². The summed E-state index contributed by atoms with van der Waals surface area (Å²) >= 11 is 1.93. The van der Waals surface area contributed by atoms with E-state index >= 15 is 0 Å². The average molecular weight is 279 g/mol. The molecule has 0 radical (unpaired) electrons. The van der Waals surface area contributed by atoms with Gasteiger partial charge in [-0.1, -0.05) is 6.92 Å². The van der Waals surface area contributed by atoms with Crippen LogP contribution in [-0.4, -0.2) is 46.9 Å². The maximum absolute atomic E-state index is 12.6. The van der Waals surface area contributed by atoms with Crippen molar-refractivity contribution < 1.29 is 4.79 Å². The molecule has 1 aromatic rings. The van der Waals surface area contributed by atoms with E-state index in [-0.39, 0.29) is 5.91 Å². The molecule has 1 fully saturated rings. The molecule has 1 aromatic heterocycles. The van der Waals surface area contributed by atoms with E-state index in [1.54, 1.807) is 12.4 Å². The molecule has 0 saturated carbocycles. The Kier molecular flexibility index (Phi) is 5.51. The third-order valence-electron chi connectivity index (χ3n) is 3.13. The highest BCUT2D eigenvalue weighted by Gasteiger charge is 2.19. The lowest BCUT2D eigenvalue weighted by atomic mass is 10.2. The van der Waals surface area contributed by atoms with Crippen LogP contribution in [0.1, 0.15) is 30.1 Å². The van der Waals surface area contributed by atoms with Crippen LogP contribution in [0.4, 0.5) is 5.69 Å². The van der Waals surface area contributed by atoms with Crippen molar-refractivity contribution in [1.82, 2.24) is 9.88 Å². The molecule has 1 saturated heterocycles. The van der Waals surface area contributed by atoms with Crippen LogP contribution in [0.15, 0.2) is 18.5 Å². The summed E-state index contributed by atoms with van der Waals surface area (Å²) < 4.78 is 0. The first kappa shape index (κ1) is 14.2. The molecule has 0 atom stereocenters. The third-order valence-corrected chi connectivity index (χ3v) is 4.17. The number of carbonyl (C=O) groups is 1. The van der Waals surface area contributed by atoms with Crippen molar-refractivity contribution in [1.29, 1.82) is 0 Å². The Bertz CT molecular complexity index is 417. The zero-order valence-corrected chi connectivity index (χ0v) is 12.2. The first-order valence-corrected chi connectivity index (χ1v) is 8.03. The second kappa shape index (κ2) is 7.38. The molecule has 1 aliphatic rings. The molecule has 2 heterocycles. The lowest BCUT2D eigenvalue weighted by Gasteiger charge is -2.21. The molecule has 104 valence electrons. The molecular formula is C14H21N3OS. The van der Waals surface area contributed by atoms with E-state index in [0.29, 0.717) is 0 Å². The molecule has 0 spiro atoms. The topological polar surface area (TPSA) is 45.2 Å². The van der Waals surface area contributed by atoms with Gasteiger partial charge in [0.25, 0.3) is 5.91 Å². The number of hydrogen-bond donors (Lipinski definition) is 1. The van der Waals surface area contributed by atoms with Crippen LogP contribution in [-0.2, 0) is 0 Å². The van der Waals surface area contributed by atoms with Gasteiger partial charge in [0.2, 0.25) is 0 Å². The number of carbonyl (C=O) groups excluding carboxylic acids is 1. The van der Waals surface area contributed by atoms with Crippen molar-refractivity contribution >= 4 is 23.4 Å². The normalized spacial score (nSPS) is 15.9. The van der Waals surface area contributed by atoms with Crippen LogP contribution in [0.3, 0.4) is 0 Å². The minimum atomic E-state index is 0.128. The molecule has 4 nitrogen and oxygen atoms in total. The van der Waals surface area contributed by atoms with E-state index in [0.717, 1.165) is 55.2 Å². The smallest absolute Gasteiger partial charge is 0.256 e. The van der Waals surface area contributed by atoms with Gasteiger partial charge in [-0.05, 0) is 24.7 Å². The Morgan fingerprint density at radius 1 is 1.47 bits per heavy atom. The molecule has 0 bridgehead atoms. The van der Waals surface area contributed by atoms with Crippen molar-refractivity contribution in [2.75, 3.05) is 36.5 Å². The Morgan fingerprint density at radius 3 is 3.21 bits per heavy atom. The Morgan fingerprint density at radius 2 is 2.37 bits per heavy atom. The quantitative estimate of drug-likeness (QED) is 0.919. The number of hydrogen-bond acceptors (Lipinski definition) is 4. The van der Waals surface area contributed by atoms with Crippen LogP contribution >= 0.6 is 11.8 Å². The molecule has 2 rings (SSSR count). The molecule has 0 aromatic carbocycles. The van der Waals surface area contributed by atoms with Gasteiger partial charge in [0.1, 0.15) is 0 Å². The summed E-state index contributed by atoms with van der Waals surface area (Å²) in [6, 6.07) is 1.82. The molecule has 19 heavy (non-hydrogen) atoms. The van der Waals surface area contributed by atoms with Crippen LogP contribution in [0, 0.1) is 0 Å². The zero-order valence-electron chi connectivity index (χ0n) is 11.4. The summed E-state index contributed by atoms with van der Waals surface area (Å²) in [4.78, 5) is 18.7. The van der Waals surface area contributed by atoms with Crippen LogP contribution in [0.25, 0.3) is 0 Å². The molecule has 5 heteroatoms. The molecular weight excluding hydrogens is 258 g/mol. The number of nitrogens with zero attached hydrogens (tertiary/aromatic N) is 2. The number of aromatic nitrogens is 1. The van der Waals surface area contributed by atoms with Gasteiger partial charge in [-0.15, -0.1) is 0 Å². The van der Waals surface area contributed by atoms with E-state index in [1.807, 2.05) is 22.7 Å². The largest absolute Gasteiger partial charge is 0.383 e. The Balaban J connectivity index is 2.12. The highest BCUT2D eigenvalue weighted by atomic mass is 32.2. The molecule has 0 aliphatic carbocycles. The fourth-order valence-electron chi connectivity index (χ4n) is 2.10. The van der Waals surface area contributed by atoms with Crippen molar-refractivity contribution in [3.63, 3.8) is 0 Å². The van der Waals surface area contributed by atoms with Crippen molar-refractivity contribution in [3.05, 3.63) is 24.0 Å². The fourth-order valence-corrected chi connectivity index (χ4v) is 2.99. The van der Waals surface area contributed by atoms with Crippen molar-refractivity contribution in [2.45, 2.75) is 19.8 Å². The SMILES string of the molecule is CCCNc1cnccc1C(=O)N1CCCSCC1. The lowest BCUT2D eigenvalue weighted by molar-refractivity contribution is 0.0769. The van der Waals surface area contributed by atoms with E-state index in [4.69, 9.17) is 0 Å². The van der Waals surface area contributed by atoms with Gasteiger partial charge < -0.3 is 10.2 Å². The zero-order chi connectivity index (χ0) is 13.5. The highest BCUT2D eigenvalue weighted by molar-refractivity contribution is 7.99. The summed E-state index contributed by atoms with van der Waals surface area (Å²) in [5.41, 5.74) is 1.60. The first-order valence-electron chi connectivity index (χ1n) is 6.88. The van der Waals surface area contributed by atoms with E-state index in [1.165, 1.54) is 0 Å². The molecule has 1 amide bonds. The van der Waals surface area contributed by atoms with E-state index < -0.39 is 0 Å². The standard InChI is InChI=1S/C14H21N3OS/c1-2-5-16-13-11-15-6-4-12(13)14(18)17-7-3-9-19-10-8-17/h4,6,11,16H,2-3,5,7-10H2,1H3. The number of anilines is 1.